The first kappa shape index (κ1) is 71.5. The van der Waals surface area contributed by atoms with Crippen LogP contribution in [0.3, 0.4) is 0 Å². The number of halogens is 25. The van der Waals surface area contributed by atoms with Crippen LogP contribution in [0.25, 0.3) is 32.7 Å². The van der Waals surface area contributed by atoms with E-state index in [-0.39, 0.29) is 29.8 Å². The second-order valence-corrected chi connectivity index (χ2v) is 20.1. The Morgan fingerprint density at radius 1 is 0.489 bits per heavy atom. The Balaban J connectivity index is 0.000000235. The molecule has 2 unspecified atom stereocenters. The molecule has 0 aliphatic rings. The average molecular weight is 1530 g/mol. The molecule has 0 amide bonds. The summed E-state index contributed by atoms with van der Waals surface area (Å²) in [6, 6.07) is 23.8. The highest BCUT2D eigenvalue weighted by molar-refractivity contribution is 14.1. The number of carboxylic acid groups (broad SMARTS) is 1. The fraction of sp³-hybridized carbons (Fsp3) is 0.208. The number of nitrogens with zero attached hydrogens (tertiary/aromatic N) is 3. The lowest BCUT2D eigenvalue weighted by Gasteiger charge is -2.36. The van der Waals surface area contributed by atoms with E-state index in [0.29, 0.717) is 22.0 Å². The first-order valence-corrected chi connectivity index (χ1v) is 25.7. The highest BCUT2D eigenvalue weighted by Gasteiger charge is 2.83. The van der Waals surface area contributed by atoms with E-state index in [1.54, 1.807) is 67.0 Å². The summed E-state index contributed by atoms with van der Waals surface area (Å²) in [5.74, 6) is -18.4. The van der Waals surface area contributed by atoms with Gasteiger partial charge >= 0.3 is 67.1 Å². The number of ketones is 1. The van der Waals surface area contributed by atoms with Crippen LogP contribution in [0, 0.1) is 7.14 Å². The summed E-state index contributed by atoms with van der Waals surface area (Å²) in [4.78, 5) is 46.5. The number of hydrogen-bond donors (Lipinski definition) is 2. The van der Waals surface area contributed by atoms with Crippen molar-refractivity contribution in [2.24, 2.45) is 0 Å². The largest absolute Gasteiger partial charge is 0.478 e. The molecule has 0 aliphatic heterocycles. The maximum absolute atomic E-state index is 14.9. The Morgan fingerprint density at radius 2 is 0.841 bits per heavy atom. The van der Waals surface area contributed by atoms with Crippen molar-refractivity contribution in [1.82, 2.24) is 15.0 Å². The molecule has 3 N–H and O–H groups in total. The van der Waals surface area contributed by atoms with Gasteiger partial charge in [-0.05, 0) is 154 Å². The molecular formula is C53H29ClF22I2N4O6. The first-order valence-electron chi connectivity index (χ1n) is 23.1. The molecule has 0 saturated carbocycles. The number of aromatic nitrogens is 3. The number of alkyl halides is 22. The highest BCUT2D eigenvalue weighted by atomic mass is 127. The van der Waals surface area contributed by atoms with E-state index in [0.717, 1.165) is 67.0 Å². The molecule has 88 heavy (non-hydrogen) atoms. The van der Waals surface area contributed by atoms with E-state index in [1.807, 2.05) is 18.2 Å². The van der Waals surface area contributed by atoms with Crippen molar-refractivity contribution in [3.63, 3.8) is 0 Å². The van der Waals surface area contributed by atoms with Crippen LogP contribution in [0.2, 0.25) is 0 Å². The van der Waals surface area contributed by atoms with Gasteiger partial charge in [-0.1, -0.05) is 18.2 Å². The number of rotatable bonds is 13. The molecular weight excluding hydrogens is 1500 g/mol. The second kappa shape index (κ2) is 27.2. The lowest BCUT2D eigenvalue weighted by atomic mass is 9.86. The maximum atomic E-state index is 14.9. The minimum Gasteiger partial charge on any atom is -0.478 e. The van der Waals surface area contributed by atoms with Crippen LogP contribution in [0.1, 0.15) is 47.8 Å². The minimum absolute atomic E-state index is 0.0119. The molecule has 0 aliphatic carbocycles. The van der Waals surface area contributed by atoms with E-state index in [9.17, 15) is 111 Å². The summed E-state index contributed by atoms with van der Waals surface area (Å²) in [7, 11) is 0. The monoisotopic (exact) mass is 1520 g/mol. The number of ether oxygens (including phenoxy) is 2. The van der Waals surface area contributed by atoms with Gasteiger partial charge in [0.25, 0.3) is 5.24 Å². The molecule has 8 aromatic rings. The van der Waals surface area contributed by atoms with Gasteiger partial charge in [0.2, 0.25) is 0 Å². The number of carbonyl (C=O) groups is 3. The summed E-state index contributed by atoms with van der Waals surface area (Å²) in [5, 5.41) is 10.5. The molecule has 10 nitrogen and oxygen atoms in total. The average Bonchev–Trinajstić information content (AvgIpc) is 0.738. The quantitative estimate of drug-likeness (QED) is 0.0375. The zero-order chi connectivity index (χ0) is 66.5. The molecule has 472 valence electrons. The topological polar surface area (TPSA) is 155 Å². The van der Waals surface area contributed by atoms with Crippen LogP contribution < -0.4 is 15.2 Å². The number of pyridine rings is 3. The molecule has 0 radical (unpaired) electrons. The lowest BCUT2D eigenvalue weighted by Crippen LogP contribution is -2.59. The van der Waals surface area contributed by atoms with Crippen molar-refractivity contribution in [2.45, 2.75) is 67.5 Å². The Kier molecular flexibility index (Phi) is 22.1. The van der Waals surface area contributed by atoms with Gasteiger partial charge in [-0.15, -0.1) is 0 Å². The number of Topliss-reactive ketones (excluding diaryl/α,β-unsaturated/α-hetero) is 1. The second-order valence-electron chi connectivity index (χ2n) is 17.4. The van der Waals surface area contributed by atoms with Crippen LogP contribution in [-0.4, -0.2) is 86.8 Å². The fourth-order valence-electron chi connectivity index (χ4n) is 7.52. The number of hydrogen-bond acceptors (Lipinski definition) is 9. The van der Waals surface area contributed by atoms with Gasteiger partial charge in [-0.25, -0.2) is 13.6 Å². The molecule has 0 bridgehead atoms. The van der Waals surface area contributed by atoms with Crippen LogP contribution in [0.4, 0.5) is 102 Å². The van der Waals surface area contributed by atoms with E-state index >= 15 is 0 Å². The molecule has 0 fully saturated rings. The number of carbonyl (C=O) groups excluding carboxylic acids is 2. The number of nitrogen functional groups attached to an aromatic ring is 1. The molecule has 35 heteroatoms. The number of carboxylic acids is 1. The van der Waals surface area contributed by atoms with Crippen molar-refractivity contribution in [3.8, 4) is 11.5 Å². The summed E-state index contributed by atoms with van der Waals surface area (Å²) in [6.07, 6.45) is -23.5. The molecule has 8 rings (SSSR count). The zero-order valence-electron chi connectivity index (χ0n) is 42.4. The van der Waals surface area contributed by atoms with Crippen molar-refractivity contribution in [2.75, 3.05) is 5.73 Å². The van der Waals surface area contributed by atoms with E-state index in [1.165, 1.54) is 24.4 Å². The van der Waals surface area contributed by atoms with E-state index in [4.69, 9.17) is 22.4 Å². The number of nitrogens with two attached hydrogens (primary N) is 1. The molecule has 0 saturated heterocycles. The maximum Gasteiger partial charge on any atom is 0.457 e. The molecule has 5 aromatic carbocycles. The van der Waals surface area contributed by atoms with Crippen molar-refractivity contribution in [3.05, 3.63) is 174 Å². The molecule has 3 aromatic heterocycles. The summed E-state index contributed by atoms with van der Waals surface area (Å²) in [5.41, 5.74) is -10.5. The fourth-order valence-corrected chi connectivity index (χ4v) is 9.03. The Bertz CT molecular complexity index is 3770. The SMILES string of the molecule is Nc1c(I)cc(C(F)(C(F)(F)F)C(F)(F)C(F)(F)F)cc1OC(F)F.O=C(Cc1c(I)cc(C(F)(C(F)(F)F)C(F)(F)C(F)(F)F)cc1OC(F)F)c1ccc2ncccc2c1.O=C(Cl)c1ccc2ncccc2c1.O=C(O)c1ccc2ncccc2c1. The van der Waals surface area contributed by atoms with Gasteiger partial charge in [-0.3, -0.25) is 24.5 Å². The normalized spacial score (nSPS) is 13.7. The molecule has 0 spiro atoms. The Labute approximate surface area is 509 Å². The minimum atomic E-state index is -7.01. The van der Waals surface area contributed by atoms with Crippen LogP contribution >= 0.6 is 56.8 Å². The number of aromatic carboxylic acids is 1. The number of fused-ring (bicyclic) bond motifs is 3. The van der Waals surface area contributed by atoms with Gasteiger partial charge in [-0.2, -0.15) is 87.8 Å². The predicted molar refractivity (Wildman–Crippen MR) is 286 cm³/mol. The lowest BCUT2D eigenvalue weighted by molar-refractivity contribution is -0.389. The Morgan fingerprint density at radius 3 is 1.22 bits per heavy atom. The van der Waals surface area contributed by atoms with Crippen LogP contribution in [0.5, 0.6) is 11.5 Å². The summed E-state index contributed by atoms with van der Waals surface area (Å²) >= 11 is 7.47. The molecule has 3 heterocycles. The van der Waals surface area contributed by atoms with Crippen molar-refractivity contribution >= 4 is 112 Å². The molecule has 2 atom stereocenters. The van der Waals surface area contributed by atoms with Crippen LogP contribution in [-0.2, 0) is 17.8 Å². The van der Waals surface area contributed by atoms with Gasteiger partial charge in [0.1, 0.15) is 11.5 Å². The van der Waals surface area contributed by atoms with Gasteiger partial charge in [0.15, 0.2) is 5.78 Å². The van der Waals surface area contributed by atoms with Crippen molar-refractivity contribution in [1.29, 1.82) is 0 Å². The number of anilines is 1. The predicted octanol–water partition coefficient (Wildman–Crippen LogP) is 17.7. The highest BCUT2D eigenvalue weighted by Crippen LogP contribution is 2.60. The number of benzene rings is 5. The summed E-state index contributed by atoms with van der Waals surface area (Å²) < 4.78 is 295. The third kappa shape index (κ3) is 15.6. The first-order chi connectivity index (χ1) is 40.4. The van der Waals surface area contributed by atoms with Gasteiger partial charge < -0.3 is 20.3 Å². The van der Waals surface area contributed by atoms with Crippen LogP contribution in [0.15, 0.2) is 134 Å². The summed E-state index contributed by atoms with van der Waals surface area (Å²) in [6.45, 7) is -7.52. The third-order valence-electron chi connectivity index (χ3n) is 11.8. The van der Waals surface area contributed by atoms with E-state index in [2.05, 4.69) is 24.4 Å². The van der Waals surface area contributed by atoms with Crippen molar-refractivity contribution < 1.29 is 126 Å². The van der Waals surface area contributed by atoms with Gasteiger partial charge in [0, 0.05) is 76.1 Å². The third-order valence-corrected chi connectivity index (χ3v) is 13.8. The smallest absolute Gasteiger partial charge is 0.457 e. The Hall–Kier alpha value is -7.25. The standard InChI is InChI=1S/C22H11F11INO2.C11H5F11INO.C10H6ClNO.C10H7NO2/c23-18(24)37-17-8-12(19(25,21(28,29)30)20(26,27)22(31,32)33)7-14(34)13(17)9-16(36)11-3-4-15-10(6-11)2-1-5-35-15;12-7(13)25-5-2-3(1-4(23)6(5)24)8(14,10(17,18)19)9(15,16)11(20,21)22;11-10(13)8-3-4-9-7(6-8)2-1-5-12-9;12-10(13)8-3-4-9-7(6-8)2-1-5-11-9/h1-8,18H,9H2;1-2,7H,24H2;1-6H;1-6H,(H,12,13). The zero-order valence-corrected chi connectivity index (χ0v) is 47.5. The van der Waals surface area contributed by atoms with E-state index < -0.39 is 126 Å². The van der Waals surface area contributed by atoms with Gasteiger partial charge in [0.05, 0.1) is 27.8 Å².